The van der Waals surface area contributed by atoms with Gasteiger partial charge in [-0.1, -0.05) is 13.8 Å². The Balaban J connectivity index is 1.63. The molecule has 1 unspecified atom stereocenters. The third-order valence-corrected chi connectivity index (χ3v) is 4.06. The van der Waals surface area contributed by atoms with Crippen molar-refractivity contribution < 1.29 is 0 Å². The summed E-state index contributed by atoms with van der Waals surface area (Å²) in [6.07, 6.45) is 6.90. The lowest BCUT2D eigenvalue weighted by molar-refractivity contribution is 0.308. The monoisotopic (exact) mass is 210 g/mol. The summed E-state index contributed by atoms with van der Waals surface area (Å²) in [5.41, 5.74) is 0. The van der Waals surface area contributed by atoms with Crippen LogP contribution in [0.2, 0.25) is 0 Å². The predicted octanol–water partition coefficient (Wildman–Crippen LogP) is 2.25. The molecule has 1 N–H and O–H groups in total. The van der Waals surface area contributed by atoms with E-state index in [1.807, 2.05) is 0 Å². The van der Waals surface area contributed by atoms with E-state index in [0.717, 1.165) is 18.0 Å². The smallest absolute Gasteiger partial charge is 0.00965 e. The Kier molecular flexibility index (Phi) is 4.04. The van der Waals surface area contributed by atoms with Crippen LogP contribution in [0.1, 0.15) is 46.0 Å². The molecule has 2 aliphatic rings. The molecule has 1 atom stereocenters. The number of hydrogen-bond acceptors (Lipinski definition) is 2. The van der Waals surface area contributed by atoms with E-state index in [4.69, 9.17) is 0 Å². The highest BCUT2D eigenvalue weighted by Gasteiger charge is 2.34. The molecule has 88 valence electrons. The minimum atomic E-state index is 0.750. The molecule has 1 saturated carbocycles. The van der Waals surface area contributed by atoms with Crippen LogP contribution in [0.4, 0.5) is 0 Å². The maximum absolute atomic E-state index is 3.71. The molecule has 2 nitrogen and oxygen atoms in total. The third kappa shape index (κ3) is 3.18. The van der Waals surface area contributed by atoms with Gasteiger partial charge in [0, 0.05) is 18.6 Å². The van der Waals surface area contributed by atoms with E-state index in [2.05, 4.69) is 24.1 Å². The van der Waals surface area contributed by atoms with Gasteiger partial charge in [0.25, 0.3) is 0 Å². The Bertz CT molecular complexity index is 185. The van der Waals surface area contributed by atoms with Crippen molar-refractivity contribution in [2.24, 2.45) is 5.92 Å². The molecule has 1 saturated heterocycles. The van der Waals surface area contributed by atoms with Crippen LogP contribution in [0.3, 0.4) is 0 Å². The van der Waals surface area contributed by atoms with Crippen molar-refractivity contribution in [2.45, 2.75) is 58.0 Å². The van der Waals surface area contributed by atoms with Gasteiger partial charge in [-0.2, -0.15) is 0 Å². The molecule has 1 heterocycles. The Labute approximate surface area is 94.4 Å². The largest absolute Gasteiger partial charge is 0.314 e. The highest BCUT2D eigenvalue weighted by atomic mass is 15.2. The molecule has 0 radical (unpaired) electrons. The highest BCUT2D eigenvalue weighted by molar-refractivity contribution is 4.90. The van der Waals surface area contributed by atoms with Crippen LogP contribution >= 0.6 is 0 Å². The Morgan fingerprint density at radius 3 is 2.53 bits per heavy atom. The highest BCUT2D eigenvalue weighted by Crippen LogP contribution is 2.31. The maximum atomic E-state index is 3.71. The van der Waals surface area contributed by atoms with Crippen molar-refractivity contribution in [3.8, 4) is 0 Å². The van der Waals surface area contributed by atoms with E-state index < -0.39 is 0 Å². The van der Waals surface area contributed by atoms with Gasteiger partial charge in [-0.15, -0.1) is 0 Å². The average Bonchev–Trinajstić information content (AvgIpc) is 3.01. The van der Waals surface area contributed by atoms with Gasteiger partial charge in [-0.05, 0) is 51.1 Å². The first-order chi connectivity index (χ1) is 7.33. The summed E-state index contributed by atoms with van der Waals surface area (Å²) in [6.45, 7) is 8.53. The lowest BCUT2D eigenvalue weighted by Gasteiger charge is -2.19. The van der Waals surface area contributed by atoms with Gasteiger partial charge in [0.2, 0.25) is 0 Å². The summed E-state index contributed by atoms with van der Waals surface area (Å²) in [5.74, 6) is 0.922. The van der Waals surface area contributed by atoms with E-state index in [-0.39, 0.29) is 0 Å². The number of hydrogen-bond donors (Lipinski definition) is 1. The summed E-state index contributed by atoms with van der Waals surface area (Å²) < 4.78 is 0. The van der Waals surface area contributed by atoms with E-state index in [1.54, 1.807) is 0 Å². The molecule has 0 aromatic rings. The van der Waals surface area contributed by atoms with E-state index in [0.29, 0.717) is 0 Å². The molecule has 0 aromatic heterocycles. The standard InChI is InChI=1S/C13H26N2/c1-3-12(4-2)14-9-11-7-8-15(10-11)13-5-6-13/h11-14H,3-10H2,1-2H3. The molecular weight excluding hydrogens is 184 g/mol. The zero-order valence-electron chi connectivity index (χ0n) is 10.3. The number of rotatable bonds is 6. The molecule has 2 heteroatoms. The van der Waals surface area contributed by atoms with E-state index in [1.165, 1.54) is 51.7 Å². The Hall–Kier alpha value is -0.0800. The number of nitrogens with one attached hydrogen (secondary N) is 1. The van der Waals surface area contributed by atoms with E-state index >= 15 is 0 Å². The fourth-order valence-electron chi connectivity index (χ4n) is 2.71. The van der Waals surface area contributed by atoms with Crippen LogP contribution in [-0.2, 0) is 0 Å². The Morgan fingerprint density at radius 1 is 1.20 bits per heavy atom. The van der Waals surface area contributed by atoms with Crippen LogP contribution < -0.4 is 5.32 Å². The third-order valence-electron chi connectivity index (χ3n) is 4.06. The van der Waals surface area contributed by atoms with Crippen LogP contribution in [0.25, 0.3) is 0 Å². The zero-order chi connectivity index (χ0) is 10.7. The fraction of sp³-hybridized carbons (Fsp3) is 1.00. The van der Waals surface area contributed by atoms with Gasteiger partial charge < -0.3 is 10.2 Å². The van der Waals surface area contributed by atoms with Crippen molar-refractivity contribution in [3.05, 3.63) is 0 Å². The summed E-state index contributed by atoms with van der Waals surface area (Å²) in [4.78, 5) is 2.71. The molecule has 0 amide bonds. The van der Waals surface area contributed by atoms with E-state index in [9.17, 15) is 0 Å². The average molecular weight is 210 g/mol. The maximum Gasteiger partial charge on any atom is 0.00965 e. The SMILES string of the molecule is CCC(CC)NCC1CCN(C2CC2)C1. The molecule has 1 aliphatic heterocycles. The van der Waals surface area contributed by atoms with Gasteiger partial charge in [-0.25, -0.2) is 0 Å². The van der Waals surface area contributed by atoms with Crippen LogP contribution in [-0.4, -0.2) is 36.6 Å². The summed E-state index contributed by atoms with van der Waals surface area (Å²) in [7, 11) is 0. The lowest BCUT2D eigenvalue weighted by atomic mass is 10.1. The fourth-order valence-corrected chi connectivity index (χ4v) is 2.71. The van der Waals surface area contributed by atoms with Crippen molar-refractivity contribution in [1.29, 1.82) is 0 Å². The quantitative estimate of drug-likeness (QED) is 0.723. The Morgan fingerprint density at radius 2 is 1.93 bits per heavy atom. The van der Waals surface area contributed by atoms with Crippen LogP contribution in [0.5, 0.6) is 0 Å². The first kappa shape index (κ1) is 11.4. The number of nitrogens with zero attached hydrogens (tertiary/aromatic N) is 1. The van der Waals surface area contributed by atoms with Crippen molar-refractivity contribution in [3.63, 3.8) is 0 Å². The van der Waals surface area contributed by atoms with Gasteiger partial charge in [0.15, 0.2) is 0 Å². The first-order valence-electron chi connectivity index (χ1n) is 6.80. The molecule has 2 rings (SSSR count). The van der Waals surface area contributed by atoms with Gasteiger partial charge in [0.1, 0.15) is 0 Å². The topological polar surface area (TPSA) is 15.3 Å². The molecule has 15 heavy (non-hydrogen) atoms. The predicted molar refractivity (Wildman–Crippen MR) is 65.1 cm³/mol. The van der Waals surface area contributed by atoms with Crippen molar-refractivity contribution in [2.75, 3.05) is 19.6 Å². The van der Waals surface area contributed by atoms with Gasteiger partial charge in [-0.3, -0.25) is 0 Å². The van der Waals surface area contributed by atoms with Gasteiger partial charge in [0.05, 0.1) is 0 Å². The molecular formula is C13H26N2. The lowest BCUT2D eigenvalue weighted by Crippen LogP contribution is -2.33. The second-order valence-corrected chi connectivity index (χ2v) is 5.30. The van der Waals surface area contributed by atoms with Crippen molar-refractivity contribution >= 4 is 0 Å². The summed E-state index contributed by atoms with van der Waals surface area (Å²) in [5, 5.41) is 3.71. The molecule has 0 bridgehead atoms. The second kappa shape index (κ2) is 5.31. The molecule has 0 spiro atoms. The van der Waals surface area contributed by atoms with Crippen LogP contribution in [0.15, 0.2) is 0 Å². The molecule has 0 aromatic carbocycles. The molecule has 2 fully saturated rings. The zero-order valence-corrected chi connectivity index (χ0v) is 10.3. The first-order valence-corrected chi connectivity index (χ1v) is 6.80. The summed E-state index contributed by atoms with van der Waals surface area (Å²) >= 11 is 0. The summed E-state index contributed by atoms with van der Waals surface area (Å²) in [6, 6.07) is 1.73. The van der Waals surface area contributed by atoms with Crippen LogP contribution in [0, 0.1) is 5.92 Å². The van der Waals surface area contributed by atoms with Crippen molar-refractivity contribution in [1.82, 2.24) is 10.2 Å². The minimum Gasteiger partial charge on any atom is -0.314 e. The molecule has 1 aliphatic carbocycles. The minimum absolute atomic E-state index is 0.750. The normalized spacial score (nSPS) is 27.8. The number of likely N-dealkylation sites (tertiary alicyclic amines) is 1. The second-order valence-electron chi connectivity index (χ2n) is 5.30. The van der Waals surface area contributed by atoms with Gasteiger partial charge >= 0.3 is 0 Å².